The number of aromatic nitrogens is 2. The third-order valence-electron chi connectivity index (χ3n) is 5.68. The van der Waals surface area contributed by atoms with Gasteiger partial charge in [-0.1, -0.05) is 0 Å². The molecule has 9 heteroatoms. The van der Waals surface area contributed by atoms with Crippen LogP contribution in [0.25, 0.3) is 0 Å². The summed E-state index contributed by atoms with van der Waals surface area (Å²) in [6, 6.07) is 7.25. The molecule has 0 radical (unpaired) electrons. The fraction of sp³-hybridized carbons (Fsp3) is 0.455. The highest BCUT2D eigenvalue weighted by Crippen LogP contribution is 2.28. The van der Waals surface area contributed by atoms with Crippen molar-refractivity contribution in [2.75, 3.05) is 55.1 Å². The second-order valence-electron chi connectivity index (χ2n) is 7.76. The van der Waals surface area contributed by atoms with Gasteiger partial charge in [-0.25, -0.2) is 9.97 Å². The van der Waals surface area contributed by atoms with E-state index in [1.807, 2.05) is 26.0 Å². The Morgan fingerprint density at radius 3 is 2.39 bits per heavy atom. The third kappa shape index (κ3) is 4.46. The Labute approximate surface area is 181 Å². The van der Waals surface area contributed by atoms with Crippen LogP contribution in [0.3, 0.4) is 0 Å². The van der Waals surface area contributed by atoms with Crippen LogP contribution < -0.4 is 19.9 Å². The SMILES string of the molecule is COc1ccc(N2CC(C(=O)Nc3c(C)nc(N4CCOCC4)nc3C)CC2=O)cc1. The summed E-state index contributed by atoms with van der Waals surface area (Å²) in [5.41, 5.74) is 2.78. The molecule has 1 aromatic heterocycles. The zero-order chi connectivity index (χ0) is 22.0. The number of aryl methyl sites for hydroxylation is 2. The molecule has 3 heterocycles. The summed E-state index contributed by atoms with van der Waals surface area (Å²) in [6.45, 7) is 6.85. The molecule has 2 saturated heterocycles. The van der Waals surface area contributed by atoms with E-state index in [2.05, 4.69) is 20.2 Å². The highest BCUT2D eigenvalue weighted by molar-refractivity contribution is 6.03. The first-order valence-electron chi connectivity index (χ1n) is 10.4. The van der Waals surface area contributed by atoms with E-state index in [0.717, 1.165) is 24.5 Å². The van der Waals surface area contributed by atoms with Crippen LogP contribution in [-0.4, -0.2) is 61.7 Å². The van der Waals surface area contributed by atoms with Gasteiger partial charge >= 0.3 is 0 Å². The Balaban J connectivity index is 1.45. The van der Waals surface area contributed by atoms with E-state index in [4.69, 9.17) is 9.47 Å². The standard InChI is InChI=1S/C22H27N5O4/c1-14-20(15(2)24-22(23-14)26-8-10-31-11-9-26)25-21(29)16-12-19(28)27(13-16)17-4-6-18(30-3)7-5-17/h4-7,16H,8-13H2,1-3H3,(H,25,29). The van der Waals surface area contributed by atoms with Gasteiger partial charge in [-0.05, 0) is 38.1 Å². The van der Waals surface area contributed by atoms with Crippen LogP contribution in [0.15, 0.2) is 24.3 Å². The summed E-state index contributed by atoms with van der Waals surface area (Å²) in [5.74, 6) is 0.664. The Bertz CT molecular complexity index is 949. The lowest BCUT2D eigenvalue weighted by Gasteiger charge is -2.27. The maximum atomic E-state index is 12.9. The molecule has 0 saturated carbocycles. The fourth-order valence-corrected chi connectivity index (χ4v) is 3.90. The van der Waals surface area contributed by atoms with Crippen LogP contribution in [0, 0.1) is 19.8 Å². The van der Waals surface area contributed by atoms with Crippen molar-refractivity contribution in [3.05, 3.63) is 35.7 Å². The third-order valence-corrected chi connectivity index (χ3v) is 5.68. The lowest BCUT2D eigenvalue weighted by Crippen LogP contribution is -2.37. The van der Waals surface area contributed by atoms with Gasteiger partial charge in [0.05, 0.1) is 43.3 Å². The van der Waals surface area contributed by atoms with Crippen molar-refractivity contribution in [1.82, 2.24) is 9.97 Å². The van der Waals surface area contributed by atoms with Gasteiger partial charge in [0, 0.05) is 31.7 Å². The smallest absolute Gasteiger partial charge is 0.229 e. The Morgan fingerprint density at radius 1 is 1.13 bits per heavy atom. The number of hydrogen-bond donors (Lipinski definition) is 1. The molecule has 2 fully saturated rings. The molecule has 1 unspecified atom stereocenters. The van der Waals surface area contributed by atoms with Crippen LogP contribution in [0.1, 0.15) is 17.8 Å². The maximum absolute atomic E-state index is 12.9. The molecule has 9 nitrogen and oxygen atoms in total. The van der Waals surface area contributed by atoms with Gasteiger partial charge in [0.2, 0.25) is 17.8 Å². The molecule has 2 aliphatic rings. The molecule has 4 rings (SSSR count). The average Bonchev–Trinajstić information content (AvgIpc) is 3.18. The number of hydrogen-bond acceptors (Lipinski definition) is 7. The summed E-state index contributed by atoms with van der Waals surface area (Å²) in [5, 5.41) is 2.96. The minimum Gasteiger partial charge on any atom is -0.497 e. The second kappa shape index (κ2) is 8.89. The number of benzene rings is 1. The minimum atomic E-state index is -0.438. The summed E-state index contributed by atoms with van der Waals surface area (Å²) >= 11 is 0. The molecular formula is C22H27N5O4. The molecular weight excluding hydrogens is 398 g/mol. The lowest BCUT2D eigenvalue weighted by molar-refractivity contribution is -0.122. The van der Waals surface area contributed by atoms with E-state index < -0.39 is 5.92 Å². The molecule has 2 aliphatic heterocycles. The van der Waals surface area contributed by atoms with Crippen LogP contribution in [0.2, 0.25) is 0 Å². The molecule has 1 atom stereocenters. The number of morpholine rings is 1. The van der Waals surface area contributed by atoms with Gasteiger partial charge in [0.1, 0.15) is 5.75 Å². The van der Waals surface area contributed by atoms with Crippen molar-refractivity contribution < 1.29 is 19.1 Å². The van der Waals surface area contributed by atoms with Crippen molar-refractivity contribution in [2.45, 2.75) is 20.3 Å². The number of methoxy groups -OCH3 is 1. The zero-order valence-corrected chi connectivity index (χ0v) is 18.1. The molecule has 164 valence electrons. The monoisotopic (exact) mass is 425 g/mol. The van der Waals surface area contributed by atoms with Gasteiger partial charge in [-0.2, -0.15) is 0 Å². The van der Waals surface area contributed by atoms with E-state index >= 15 is 0 Å². The van der Waals surface area contributed by atoms with E-state index in [9.17, 15) is 9.59 Å². The number of ether oxygens (including phenoxy) is 2. The van der Waals surface area contributed by atoms with E-state index in [1.54, 1.807) is 24.1 Å². The minimum absolute atomic E-state index is 0.0716. The number of carbonyl (C=O) groups is 2. The van der Waals surface area contributed by atoms with Gasteiger partial charge in [-0.3, -0.25) is 9.59 Å². The predicted molar refractivity (Wildman–Crippen MR) is 117 cm³/mol. The van der Waals surface area contributed by atoms with Crippen molar-refractivity contribution in [3.63, 3.8) is 0 Å². The largest absolute Gasteiger partial charge is 0.497 e. The van der Waals surface area contributed by atoms with Crippen LogP contribution in [0.4, 0.5) is 17.3 Å². The molecule has 0 bridgehead atoms. The first-order chi connectivity index (χ1) is 15.0. The van der Waals surface area contributed by atoms with Gasteiger partial charge in [-0.15, -0.1) is 0 Å². The maximum Gasteiger partial charge on any atom is 0.229 e. The molecule has 31 heavy (non-hydrogen) atoms. The average molecular weight is 425 g/mol. The van der Waals surface area contributed by atoms with E-state index in [1.165, 1.54) is 0 Å². The summed E-state index contributed by atoms with van der Waals surface area (Å²) in [7, 11) is 1.59. The van der Waals surface area contributed by atoms with Crippen molar-refractivity contribution in [2.24, 2.45) is 5.92 Å². The van der Waals surface area contributed by atoms with Gasteiger partial charge in [0.25, 0.3) is 0 Å². The topological polar surface area (TPSA) is 96.9 Å². The van der Waals surface area contributed by atoms with E-state index in [-0.39, 0.29) is 18.2 Å². The lowest BCUT2D eigenvalue weighted by atomic mass is 10.1. The number of nitrogens with zero attached hydrogens (tertiary/aromatic N) is 4. The molecule has 2 amide bonds. The second-order valence-corrected chi connectivity index (χ2v) is 7.76. The Kier molecular flexibility index (Phi) is 6.03. The number of carbonyl (C=O) groups excluding carboxylic acids is 2. The quantitative estimate of drug-likeness (QED) is 0.782. The first kappa shape index (κ1) is 21.0. The molecule has 0 aliphatic carbocycles. The Morgan fingerprint density at radius 2 is 1.77 bits per heavy atom. The number of anilines is 3. The van der Waals surface area contributed by atoms with Gasteiger partial charge in [0.15, 0.2) is 0 Å². The number of nitrogens with one attached hydrogen (secondary N) is 1. The first-order valence-corrected chi connectivity index (χ1v) is 10.4. The zero-order valence-electron chi connectivity index (χ0n) is 18.1. The highest BCUT2D eigenvalue weighted by atomic mass is 16.5. The molecule has 1 N–H and O–H groups in total. The van der Waals surface area contributed by atoms with Gasteiger partial charge < -0.3 is 24.6 Å². The van der Waals surface area contributed by atoms with Crippen molar-refractivity contribution in [1.29, 1.82) is 0 Å². The van der Waals surface area contributed by atoms with Crippen molar-refractivity contribution in [3.8, 4) is 5.75 Å². The van der Waals surface area contributed by atoms with Crippen molar-refractivity contribution >= 4 is 29.1 Å². The Hall–Kier alpha value is -3.20. The van der Waals surface area contributed by atoms with E-state index in [0.29, 0.717) is 42.8 Å². The highest BCUT2D eigenvalue weighted by Gasteiger charge is 2.35. The number of rotatable bonds is 5. The predicted octanol–water partition coefficient (Wildman–Crippen LogP) is 1.93. The fourth-order valence-electron chi connectivity index (χ4n) is 3.90. The van der Waals surface area contributed by atoms with Crippen LogP contribution in [-0.2, 0) is 14.3 Å². The number of amides is 2. The van der Waals surface area contributed by atoms with Crippen LogP contribution >= 0.6 is 0 Å². The summed E-state index contributed by atoms with van der Waals surface area (Å²) in [6.07, 6.45) is 0.169. The van der Waals surface area contributed by atoms with Crippen LogP contribution in [0.5, 0.6) is 5.75 Å². The molecule has 0 spiro atoms. The summed E-state index contributed by atoms with van der Waals surface area (Å²) in [4.78, 5) is 38.4. The molecule has 1 aromatic carbocycles. The molecule has 2 aromatic rings. The summed E-state index contributed by atoms with van der Waals surface area (Å²) < 4.78 is 10.5. The normalized spacial score (nSPS) is 18.9.